The van der Waals surface area contributed by atoms with Gasteiger partial charge >= 0.3 is 5.97 Å². The van der Waals surface area contributed by atoms with Crippen LogP contribution < -0.4 is 0 Å². The molecule has 0 saturated carbocycles. The second-order valence-electron chi connectivity index (χ2n) is 5.79. The van der Waals surface area contributed by atoms with E-state index in [1.54, 1.807) is 12.1 Å². The number of aromatic nitrogens is 1. The highest BCUT2D eigenvalue weighted by Gasteiger charge is 2.02. The molecule has 2 aromatic carbocycles. The number of pyridine rings is 1. The SMILES string of the molecule is Cc1ccc(-c2ccccc2C=CC#Cc2ccc(C(=O)O)nc2)cc1. The predicted molar refractivity (Wildman–Crippen MR) is 104 cm³/mol. The molecule has 1 heterocycles. The number of carboxylic acid groups (broad SMARTS) is 1. The first-order valence-electron chi connectivity index (χ1n) is 8.17. The van der Waals surface area contributed by atoms with Crippen LogP contribution in [0.2, 0.25) is 0 Å². The fraction of sp³-hybridized carbons (Fsp3) is 0.0435. The van der Waals surface area contributed by atoms with Crippen LogP contribution in [-0.4, -0.2) is 16.1 Å². The van der Waals surface area contributed by atoms with Crippen LogP contribution in [0.1, 0.15) is 27.2 Å². The number of hydrogen-bond acceptors (Lipinski definition) is 2. The first-order chi connectivity index (χ1) is 12.6. The van der Waals surface area contributed by atoms with E-state index in [1.165, 1.54) is 17.8 Å². The Morgan fingerprint density at radius 3 is 2.50 bits per heavy atom. The molecule has 0 radical (unpaired) electrons. The fourth-order valence-corrected chi connectivity index (χ4v) is 2.49. The van der Waals surface area contributed by atoms with Crippen LogP contribution >= 0.6 is 0 Å². The first kappa shape index (κ1) is 17.2. The highest BCUT2D eigenvalue weighted by atomic mass is 16.4. The van der Waals surface area contributed by atoms with E-state index in [9.17, 15) is 4.79 Å². The molecule has 126 valence electrons. The maximum Gasteiger partial charge on any atom is 0.354 e. The lowest BCUT2D eigenvalue weighted by Gasteiger charge is -2.06. The van der Waals surface area contributed by atoms with E-state index in [0.29, 0.717) is 5.56 Å². The summed E-state index contributed by atoms with van der Waals surface area (Å²) in [5.74, 6) is 4.88. The molecule has 1 aromatic heterocycles. The van der Waals surface area contributed by atoms with E-state index in [2.05, 4.69) is 60.1 Å². The average molecular weight is 339 g/mol. The van der Waals surface area contributed by atoms with Crippen LogP contribution in [0.25, 0.3) is 17.2 Å². The lowest BCUT2D eigenvalue weighted by molar-refractivity contribution is 0.0690. The largest absolute Gasteiger partial charge is 0.477 e. The van der Waals surface area contributed by atoms with Crippen molar-refractivity contribution in [2.24, 2.45) is 0 Å². The summed E-state index contributed by atoms with van der Waals surface area (Å²) in [7, 11) is 0. The number of aryl methyl sites for hydroxylation is 1. The molecular formula is C23H17NO2. The lowest BCUT2D eigenvalue weighted by Crippen LogP contribution is -1.99. The van der Waals surface area contributed by atoms with Gasteiger partial charge in [-0.25, -0.2) is 9.78 Å². The average Bonchev–Trinajstić information content (AvgIpc) is 2.67. The number of hydrogen-bond donors (Lipinski definition) is 1. The zero-order valence-corrected chi connectivity index (χ0v) is 14.3. The summed E-state index contributed by atoms with van der Waals surface area (Å²) in [5, 5.41) is 8.84. The van der Waals surface area contributed by atoms with E-state index in [0.717, 1.165) is 16.7 Å². The Balaban J connectivity index is 1.80. The molecule has 0 unspecified atom stereocenters. The Labute approximate surface area is 152 Å². The third-order valence-corrected chi connectivity index (χ3v) is 3.87. The number of allylic oxidation sites excluding steroid dienone is 1. The molecular weight excluding hydrogens is 322 g/mol. The number of carbonyl (C=O) groups is 1. The third kappa shape index (κ3) is 4.25. The molecule has 0 bridgehead atoms. The first-order valence-corrected chi connectivity index (χ1v) is 8.17. The second-order valence-corrected chi connectivity index (χ2v) is 5.79. The highest BCUT2D eigenvalue weighted by Crippen LogP contribution is 2.24. The third-order valence-electron chi connectivity index (χ3n) is 3.87. The Kier molecular flexibility index (Phi) is 5.26. The van der Waals surface area contributed by atoms with Crippen molar-refractivity contribution in [1.82, 2.24) is 4.98 Å². The molecule has 0 fully saturated rings. The van der Waals surface area contributed by atoms with Crippen LogP contribution in [0.5, 0.6) is 0 Å². The van der Waals surface area contributed by atoms with Gasteiger partial charge in [-0.2, -0.15) is 0 Å². The maximum atomic E-state index is 10.8. The number of aromatic carboxylic acids is 1. The monoisotopic (exact) mass is 339 g/mol. The minimum absolute atomic E-state index is 0.0121. The smallest absolute Gasteiger partial charge is 0.354 e. The Hall–Kier alpha value is -3.64. The minimum Gasteiger partial charge on any atom is -0.477 e. The van der Waals surface area contributed by atoms with Gasteiger partial charge in [0.05, 0.1) is 0 Å². The van der Waals surface area contributed by atoms with Crippen molar-refractivity contribution in [2.45, 2.75) is 6.92 Å². The van der Waals surface area contributed by atoms with Crippen molar-refractivity contribution >= 4 is 12.0 Å². The van der Waals surface area contributed by atoms with Crippen molar-refractivity contribution in [3.8, 4) is 23.0 Å². The van der Waals surface area contributed by atoms with E-state index in [-0.39, 0.29) is 5.69 Å². The van der Waals surface area contributed by atoms with E-state index in [4.69, 9.17) is 5.11 Å². The Bertz CT molecular complexity index is 1000. The summed E-state index contributed by atoms with van der Waals surface area (Å²) in [6, 6.07) is 19.7. The van der Waals surface area contributed by atoms with Gasteiger partial charge in [-0.3, -0.25) is 0 Å². The zero-order chi connectivity index (χ0) is 18.4. The molecule has 3 rings (SSSR count). The Morgan fingerprint density at radius 1 is 1.04 bits per heavy atom. The summed E-state index contributed by atoms with van der Waals surface area (Å²) in [5.41, 5.74) is 5.32. The van der Waals surface area contributed by atoms with E-state index < -0.39 is 5.97 Å². The molecule has 0 atom stereocenters. The highest BCUT2D eigenvalue weighted by molar-refractivity contribution is 5.85. The normalized spacial score (nSPS) is 10.3. The summed E-state index contributed by atoms with van der Waals surface area (Å²) in [6.45, 7) is 2.07. The molecule has 0 aliphatic heterocycles. The fourth-order valence-electron chi connectivity index (χ4n) is 2.49. The molecule has 3 aromatic rings. The van der Waals surface area contributed by atoms with Gasteiger partial charge in [-0.15, -0.1) is 0 Å². The van der Waals surface area contributed by atoms with Crippen molar-refractivity contribution in [2.75, 3.05) is 0 Å². The standard InChI is InChI=1S/C23H17NO2/c1-17-10-13-20(14-11-17)21-9-5-4-8-19(21)7-3-2-6-18-12-15-22(23(25)26)24-16-18/h3-5,7-16H,1H3,(H,25,26). The van der Waals surface area contributed by atoms with E-state index in [1.807, 2.05) is 18.2 Å². The molecule has 3 heteroatoms. The maximum absolute atomic E-state index is 10.8. The van der Waals surface area contributed by atoms with Gasteiger partial charge < -0.3 is 5.11 Å². The summed E-state index contributed by atoms with van der Waals surface area (Å²) < 4.78 is 0. The van der Waals surface area contributed by atoms with Gasteiger partial charge in [0.25, 0.3) is 0 Å². The van der Waals surface area contributed by atoms with E-state index >= 15 is 0 Å². The van der Waals surface area contributed by atoms with Crippen LogP contribution in [0.3, 0.4) is 0 Å². The molecule has 1 N–H and O–H groups in total. The van der Waals surface area contributed by atoms with Gasteiger partial charge in [0, 0.05) is 11.8 Å². The molecule has 0 amide bonds. The number of benzene rings is 2. The molecule has 3 nitrogen and oxygen atoms in total. The summed E-state index contributed by atoms with van der Waals surface area (Å²) in [6.07, 6.45) is 5.23. The Morgan fingerprint density at radius 2 is 1.81 bits per heavy atom. The predicted octanol–water partition coefficient (Wildman–Crippen LogP) is 4.82. The minimum atomic E-state index is -1.04. The van der Waals surface area contributed by atoms with Gasteiger partial charge in [0.15, 0.2) is 0 Å². The summed E-state index contributed by atoms with van der Waals surface area (Å²) >= 11 is 0. The molecule has 0 aliphatic carbocycles. The van der Waals surface area contributed by atoms with Gasteiger partial charge in [0.2, 0.25) is 0 Å². The quantitative estimate of drug-likeness (QED) is 0.696. The molecule has 0 aliphatic rings. The zero-order valence-electron chi connectivity index (χ0n) is 14.3. The van der Waals surface area contributed by atoms with Crippen molar-refractivity contribution in [3.63, 3.8) is 0 Å². The van der Waals surface area contributed by atoms with Gasteiger partial charge in [-0.1, -0.05) is 65.9 Å². The number of nitrogens with zero attached hydrogens (tertiary/aromatic N) is 1. The topological polar surface area (TPSA) is 50.2 Å². The number of carboxylic acids is 1. The lowest BCUT2D eigenvalue weighted by atomic mass is 9.98. The second kappa shape index (κ2) is 7.96. The van der Waals surface area contributed by atoms with Crippen LogP contribution in [-0.2, 0) is 0 Å². The van der Waals surface area contributed by atoms with Crippen molar-refractivity contribution in [3.05, 3.63) is 95.3 Å². The molecule has 0 spiro atoms. The number of rotatable bonds is 3. The van der Waals surface area contributed by atoms with Gasteiger partial charge in [0.1, 0.15) is 5.69 Å². The van der Waals surface area contributed by atoms with Crippen molar-refractivity contribution in [1.29, 1.82) is 0 Å². The van der Waals surface area contributed by atoms with Crippen LogP contribution in [0.15, 0.2) is 72.9 Å². The van der Waals surface area contributed by atoms with Crippen LogP contribution in [0.4, 0.5) is 0 Å². The summed E-state index contributed by atoms with van der Waals surface area (Å²) in [4.78, 5) is 14.6. The molecule has 26 heavy (non-hydrogen) atoms. The molecule has 0 saturated heterocycles. The van der Waals surface area contributed by atoms with Gasteiger partial charge in [-0.05, 0) is 47.9 Å². The van der Waals surface area contributed by atoms with Crippen molar-refractivity contribution < 1.29 is 9.90 Å². The van der Waals surface area contributed by atoms with Crippen LogP contribution in [0, 0.1) is 18.8 Å².